The number of nitrogens with zero attached hydrogens (tertiary/aromatic N) is 1. The third kappa shape index (κ3) is 2.66. The number of hydrogen-bond donors (Lipinski definition) is 2. The molecule has 1 saturated carbocycles. The van der Waals surface area contributed by atoms with E-state index in [9.17, 15) is 18.3 Å². The van der Waals surface area contributed by atoms with Crippen LogP contribution in [0.3, 0.4) is 0 Å². The molecule has 1 aliphatic rings. The van der Waals surface area contributed by atoms with Crippen molar-refractivity contribution in [1.82, 2.24) is 4.72 Å². The Morgan fingerprint density at radius 3 is 2.55 bits per heavy atom. The summed E-state index contributed by atoms with van der Waals surface area (Å²) in [5, 5.41) is 18.1. The van der Waals surface area contributed by atoms with Gasteiger partial charge in [0.15, 0.2) is 0 Å². The van der Waals surface area contributed by atoms with E-state index in [1.165, 1.54) is 24.3 Å². The highest BCUT2D eigenvalue weighted by Gasteiger charge is 2.44. The van der Waals surface area contributed by atoms with Crippen molar-refractivity contribution < 1.29 is 18.3 Å². The van der Waals surface area contributed by atoms with E-state index in [0.717, 1.165) is 0 Å². The molecule has 0 aliphatic heterocycles. The lowest BCUT2D eigenvalue weighted by atomic mass is 10.0. The minimum atomic E-state index is -3.96. The van der Waals surface area contributed by atoms with Gasteiger partial charge < -0.3 is 5.11 Å². The van der Waals surface area contributed by atoms with E-state index in [0.29, 0.717) is 12.8 Å². The SMILES string of the molecule is N#Cc1cccc(S(=O)(=O)NC2(C(=O)O)CCCC2)c1. The Hall–Kier alpha value is -1.91. The molecule has 7 heteroatoms. The van der Waals surface area contributed by atoms with E-state index in [2.05, 4.69) is 4.72 Å². The second kappa shape index (κ2) is 5.23. The number of nitriles is 1. The molecule has 1 aliphatic carbocycles. The van der Waals surface area contributed by atoms with Crippen molar-refractivity contribution in [3.63, 3.8) is 0 Å². The average Bonchev–Trinajstić information content (AvgIpc) is 2.88. The van der Waals surface area contributed by atoms with Gasteiger partial charge in [-0.1, -0.05) is 18.9 Å². The van der Waals surface area contributed by atoms with Crippen LogP contribution in [-0.4, -0.2) is 25.0 Å². The third-order valence-electron chi connectivity index (χ3n) is 3.47. The molecule has 106 valence electrons. The third-order valence-corrected chi connectivity index (χ3v) is 5.00. The van der Waals surface area contributed by atoms with Crippen molar-refractivity contribution in [3.05, 3.63) is 29.8 Å². The minimum absolute atomic E-state index is 0.0934. The Bertz CT molecular complexity index is 670. The first-order chi connectivity index (χ1) is 9.39. The topological polar surface area (TPSA) is 107 Å². The van der Waals surface area contributed by atoms with Crippen LogP contribution in [0.2, 0.25) is 0 Å². The van der Waals surface area contributed by atoms with Gasteiger partial charge in [0.25, 0.3) is 0 Å². The van der Waals surface area contributed by atoms with Gasteiger partial charge in [0, 0.05) is 0 Å². The van der Waals surface area contributed by atoms with Crippen molar-refractivity contribution in [2.45, 2.75) is 36.1 Å². The molecule has 6 nitrogen and oxygen atoms in total. The summed E-state index contributed by atoms with van der Waals surface area (Å²) in [5.74, 6) is -1.16. The lowest BCUT2D eigenvalue weighted by Crippen LogP contribution is -2.52. The van der Waals surface area contributed by atoms with E-state index in [-0.39, 0.29) is 23.3 Å². The zero-order valence-electron chi connectivity index (χ0n) is 10.7. The summed E-state index contributed by atoms with van der Waals surface area (Å²) in [6, 6.07) is 7.37. The first kappa shape index (κ1) is 14.5. The fraction of sp³-hybridized carbons (Fsp3) is 0.385. The standard InChI is InChI=1S/C13H14N2O4S/c14-9-10-4-3-5-11(8-10)20(18,19)15-13(12(16)17)6-1-2-7-13/h3-5,8,15H,1-2,6-7H2,(H,16,17). The summed E-state index contributed by atoms with van der Waals surface area (Å²) < 4.78 is 26.9. The highest BCUT2D eigenvalue weighted by Crippen LogP contribution is 2.31. The number of benzene rings is 1. The van der Waals surface area contributed by atoms with Crippen molar-refractivity contribution >= 4 is 16.0 Å². The van der Waals surface area contributed by atoms with Crippen molar-refractivity contribution in [1.29, 1.82) is 5.26 Å². The Kier molecular flexibility index (Phi) is 3.79. The monoisotopic (exact) mass is 294 g/mol. The molecule has 0 radical (unpaired) electrons. The molecule has 1 aromatic rings. The predicted molar refractivity (Wildman–Crippen MR) is 70.3 cm³/mol. The van der Waals surface area contributed by atoms with Gasteiger partial charge in [-0.15, -0.1) is 0 Å². The first-order valence-electron chi connectivity index (χ1n) is 6.17. The molecule has 1 fully saturated rings. The minimum Gasteiger partial charge on any atom is -0.480 e. The predicted octanol–water partition coefficient (Wildman–Crippen LogP) is 1.23. The molecule has 0 heterocycles. The van der Waals surface area contributed by atoms with Gasteiger partial charge in [0.05, 0.1) is 16.5 Å². The number of carbonyl (C=O) groups is 1. The van der Waals surface area contributed by atoms with Crippen LogP contribution < -0.4 is 4.72 Å². The number of hydrogen-bond acceptors (Lipinski definition) is 4. The second-order valence-corrected chi connectivity index (χ2v) is 6.52. The van der Waals surface area contributed by atoms with Crippen molar-refractivity contribution in [3.8, 4) is 6.07 Å². The van der Waals surface area contributed by atoms with E-state index < -0.39 is 21.5 Å². The largest absolute Gasteiger partial charge is 0.480 e. The number of sulfonamides is 1. The number of aliphatic carboxylic acids is 1. The highest BCUT2D eigenvalue weighted by molar-refractivity contribution is 7.89. The molecule has 0 spiro atoms. The lowest BCUT2D eigenvalue weighted by Gasteiger charge is -2.25. The summed E-state index contributed by atoms with van der Waals surface area (Å²) in [5.41, 5.74) is -1.22. The van der Waals surface area contributed by atoms with Crippen molar-refractivity contribution in [2.24, 2.45) is 0 Å². The van der Waals surface area contributed by atoms with Gasteiger partial charge in [-0.25, -0.2) is 8.42 Å². The summed E-state index contributed by atoms with van der Waals surface area (Å²) in [6.07, 6.45) is 1.90. The Labute approximate surface area is 117 Å². The molecular weight excluding hydrogens is 280 g/mol. The van der Waals surface area contributed by atoms with Crippen LogP contribution in [-0.2, 0) is 14.8 Å². The molecule has 0 saturated heterocycles. The Balaban J connectivity index is 2.35. The van der Waals surface area contributed by atoms with Crippen LogP contribution in [0.1, 0.15) is 31.2 Å². The lowest BCUT2D eigenvalue weighted by molar-refractivity contribution is -0.143. The van der Waals surface area contributed by atoms with Gasteiger partial charge in [-0.2, -0.15) is 9.98 Å². The van der Waals surface area contributed by atoms with Crippen molar-refractivity contribution in [2.75, 3.05) is 0 Å². The Morgan fingerprint density at radius 2 is 2.00 bits per heavy atom. The van der Waals surface area contributed by atoms with Gasteiger partial charge in [-0.05, 0) is 31.0 Å². The van der Waals surface area contributed by atoms with Gasteiger partial charge in [0.2, 0.25) is 10.0 Å². The highest BCUT2D eigenvalue weighted by atomic mass is 32.2. The summed E-state index contributed by atoms with van der Waals surface area (Å²) in [6.45, 7) is 0. The van der Waals surface area contributed by atoms with Gasteiger partial charge in [0.1, 0.15) is 5.54 Å². The molecule has 0 unspecified atom stereocenters. The zero-order chi connectivity index (χ0) is 14.8. The van der Waals surface area contributed by atoms with Crippen LogP contribution in [0.5, 0.6) is 0 Å². The average molecular weight is 294 g/mol. The van der Waals surface area contributed by atoms with Crippen LogP contribution in [0.25, 0.3) is 0 Å². The maximum absolute atomic E-state index is 12.3. The molecular formula is C13H14N2O4S. The molecule has 0 amide bonds. The second-order valence-electron chi connectivity index (χ2n) is 4.84. The molecule has 1 aromatic carbocycles. The first-order valence-corrected chi connectivity index (χ1v) is 7.65. The van der Waals surface area contributed by atoms with E-state index >= 15 is 0 Å². The number of nitrogens with one attached hydrogen (secondary N) is 1. The summed E-state index contributed by atoms with van der Waals surface area (Å²) >= 11 is 0. The maximum Gasteiger partial charge on any atom is 0.324 e. The van der Waals surface area contributed by atoms with E-state index in [4.69, 9.17) is 5.26 Å². The zero-order valence-corrected chi connectivity index (χ0v) is 11.5. The molecule has 2 rings (SSSR count). The molecule has 2 N–H and O–H groups in total. The number of rotatable bonds is 4. The molecule has 0 aromatic heterocycles. The quantitative estimate of drug-likeness (QED) is 0.868. The van der Waals surface area contributed by atoms with E-state index in [1.807, 2.05) is 6.07 Å². The van der Waals surface area contributed by atoms with Gasteiger partial charge in [-0.3, -0.25) is 4.79 Å². The van der Waals surface area contributed by atoms with Crippen LogP contribution in [0, 0.1) is 11.3 Å². The molecule has 0 atom stereocenters. The van der Waals surface area contributed by atoms with Crippen LogP contribution in [0.4, 0.5) is 0 Å². The van der Waals surface area contributed by atoms with E-state index in [1.54, 1.807) is 0 Å². The maximum atomic E-state index is 12.3. The number of carboxylic acid groups (broad SMARTS) is 1. The summed E-state index contributed by atoms with van der Waals surface area (Å²) in [7, 11) is -3.96. The smallest absolute Gasteiger partial charge is 0.324 e. The number of carboxylic acids is 1. The molecule has 20 heavy (non-hydrogen) atoms. The van der Waals surface area contributed by atoms with Gasteiger partial charge >= 0.3 is 5.97 Å². The van der Waals surface area contributed by atoms with Crippen LogP contribution in [0.15, 0.2) is 29.2 Å². The fourth-order valence-corrected chi connectivity index (χ4v) is 3.85. The molecule has 0 bridgehead atoms. The summed E-state index contributed by atoms with van der Waals surface area (Å²) in [4.78, 5) is 11.3. The Morgan fingerprint density at radius 1 is 1.35 bits per heavy atom. The van der Waals surface area contributed by atoms with Crippen LogP contribution >= 0.6 is 0 Å². The fourth-order valence-electron chi connectivity index (χ4n) is 2.39. The normalized spacial score (nSPS) is 17.6.